The quantitative estimate of drug-likeness (QED) is 0.199. The van der Waals surface area contributed by atoms with Crippen molar-refractivity contribution in [3.63, 3.8) is 0 Å². The molecule has 0 amide bonds. The monoisotopic (exact) mass is 648 g/mol. The molecule has 0 spiro atoms. The lowest BCUT2D eigenvalue weighted by Crippen LogP contribution is -2.24. The molecule has 6 nitrogen and oxygen atoms in total. The third-order valence-corrected chi connectivity index (χ3v) is 9.77. The first-order valence-corrected chi connectivity index (χ1v) is 17.0. The second kappa shape index (κ2) is 12.2. The van der Waals surface area contributed by atoms with E-state index in [-0.39, 0.29) is 12.1 Å². The van der Waals surface area contributed by atoms with Crippen LogP contribution >= 0.6 is 0 Å². The van der Waals surface area contributed by atoms with Crippen molar-refractivity contribution in [1.29, 1.82) is 0 Å². The Labute approximate surface area is 291 Å². The third kappa shape index (κ3) is 5.31. The first-order chi connectivity index (χ1) is 24.6. The molecule has 8 bridgehead atoms. The molecule has 2 atom stereocenters. The maximum absolute atomic E-state index is 5.47. The van der Waals surface area contributed by atoms with Crippen molar-refractivity contribution in [3.05, 3.63) is 179 Å². The van der Waals surface area contributed by atoms with Gasteiger partial charge in [0.15, 0.2) is 0 Å². The van der Waals surface area contributed by atoms with Gasteiger partial charge in [-0.25, -0.2) is 9.97 Å². The van der Waals surface area contributed by atoms with Crippen LogP contribution in [0.25, 0.3) is 57.0 Å². The lowest BCUT2D eigenvalue weighted by atomic mass is 9.89. The maximum Gasteiger partial charge on any atom is 0.0815 e. The van der Waals surface area contributed by atoms with E-state index in [4.69, 9.17) is 9.97 Å². The molecule has 4 aliphatic rings. The molecule has 2 N–H and O–H groups in total. The fourth-order valence-corrected chi connectivity index (χ4v) is 7.42. The molecule has 242 valence electrons. The Morgan fingerprint density at radius 1 is 0.580 bits per heavy atom. The van der Waals surface area contributed by atoms with Crippen LogP contribution in [0, 0.1) is 0 Å². The summed E-state index contributed by atoms with van der Waals surface area (Å²) < 4.78 is 0. The van der Waals surface area contributed by atoms with Gasteiger partial charge in [-0.2, -0.15) is 0 Å². The normalized spacial score (nSPS) is 17.8. The molecule has 3 aromatic heterocycles. The smallest absolute Gasteiger partial charge is 0.0815 e. The predicted octanol–water partition coefficient (Wildman–Crippen LogP) is 9.85. The van der Waals surface area contributed by atoms with Crippen LogP contribution in [0.2, 0.25) is 0 Å². The van der Waals surface area contributed by atoms with Gasteiger partial charge in [-0.1, -0.05) is 85.0 Å². The number of hydrogen-bond donors (Lipinski definition) is 2. The van der Waals surface area contributed by atoms with Crippen LogP contribution in [0.3, 0.4) is 0 Å². The van der Waals surface area contributed by atoms with E-state index in [0.29, 0.717) is 0 Å². The van der Waals surface area contributed by atoms with Gasteiger partial charge in [-0.05, 0) is 84.2 Å². The predicted molar refractivity (Wildman–Crippen MR) is 206 cm³/mol. The van der Waals surface area contributed by atoms with Gasteiger partial charge in [-0.15, -0.1) is 0 Å². The van der Waals surface area contributed by atoms with E-state index in [0.717, 1.165) is 67.1 Å². The molecule has 0 radical (unpaired) electrons. The average molecular weight is 649 g/mol. The molecule has 0 aliphatic carbocycles. The number of aromatic amines is 2. The van der Waals surface area contributed by atoms with E-state index in [9.17, 15) is 0 Å². The van der Waals surface area contributed by atoms with E-state index in [1.165, 1.54) is 11.1 Å². The Bertz CT molecular complexity index is 2470. The highest BCUT2D eigenvalue weighted by Crippen LogP contribution is 2.45. The Morgan fingerprint density at radius 3 is 1.84 bits per heavy atom. The molecule has 0 fully saturated rings. The summed E-state index contributed by atoms with van der Waals surface area (Å²) in [6.45, 7) is 0. The zero-order chi connectivity index (χ0) is 33.6. The number of likely N-dealkylation sites (N-methyl/N-ethyl adjacent to an activating group) is 2. The number of rotatable bonds is 4. The van der Waals surface area contributed by atoms with E-state index < -0.39 is 0 Å². The Morgan fingerprint density at radius 2 is 1.18 bits per heavy atom. The number of hydrogen-bond acceptors (Lipinski definition) is 4. The van der Waals surface area contributed by atoms with E-state index in [2.05, 4.69) is 192 Å². The average Bonchev–Trinajstić information content (AvgIpc) is 3.94. The van der Waals surface area contributed by atoms with Crippen LogP contribution in [0.1, 0.15) is 51.5 Å². The van der Waals surface area contributed by atoms with Crippen LogP contribution in [0.5, 0.6) is 0 Å². The summed E-state index contributed by atoms with van der Waals surface area (Å²) in [6, 6.07) is 31.8. The largest absolute Gasteiger partial charge is 0.370 e. The van der Waals surface area contributed by atoms with Gasteiger partial charge in [0.2, 0.25) is 0 Å². The van der Waals surface area contributed by atoms with E-state index in [1.807, 2.05) is 0 Å². The molecule has 7 heterocycles. The van der Waals surface area contributed by atoms with Crippen molar-refractivity contribution in [2.24, 2.45) is 0 Å². The second-order valence-electron chi connectivity index (χ2n) is 13.1. The maximum atomic E-state index is 5.47. The van der Waals surface area contributed by atoms with Crippen molar-refractivity contribution >= 4 is 45.9 Å². The molecular weight excluding hydrogens is 613 g/mol. The van der Waals surface area contributed by atoms with Crippen molar-refractivity contribution in [3.8, 4) is 11.1 Å². The van der Waals surface area contributed by atoms with Gasteiger partial charge in [-0.3, -0.25) is 0 Å². The highest BCUT2D eigenvalue weighted by molar-refractivity contribution is 6.02. The molecular formula is C44H36N6. The number of benzene rings is 2. The number of H-pyrrole nitrogens is 2. The summed E-state index contributed by atoms with van der Waals surface area (Å²) in [7, 11) is 4.30. The Kier molecular flexibility index (Phi) is 7.28. The lowest BCUT2D eigenvalue weighted by molar-refractivity contribution is 0.367. The number of aromatic nitrogens is 4. The first kappa shape index (κ1) is 29.7. The second-order valence-corrected chi connectivity index (χ2v) is 13.1. The minimum Gasteiger partial charge on any atom is -0.370 e. The van der Waals surface area contributed by atoms with Crippen molar-refractivity contribution < 1.29 is 0 Å². The fraction of sp³-hybridized carbons (Fsp3) is 0.0909. The van der Waals surface area contributed by atoms with Crippen molar-refractivity contribution in [2.45, 2.75) is 12.1 Å². The lowest BCUT2D eigenvalue weighted by Gasteiger charge is -2.32. The summed E-state index contributed by atoms with van der Waals surface area (Å²) in [4.78, 5) is 22.7. The van der Waals surface area contributed by atoms with Gasteiger partial charge in [0.25, 0.3) is 0 Å². The zero-order valence-corrected chi connectivity index (χ0v) is 28.0. The van der Waals surface area contributed by atoms with Crippen LogP contribution in [0.4, 0.5) is 0 Å². The zero-order valence-electron chi connectivity index (χ0n) is 28.0. The summed E-state index contributed by atoms with van der Waals surface area (Å²) in [5, 5.41) is 0. The molecule has 6 heteroatoms. The molecule has 2 unspecified atom stereocenters. The standard InChI is InChI=1S/C44H36N6/c1-49-23-11-9-17-38(49)41-37-28-34-22-21-32(46-34)25-31-19-20-33(45-31)26-35-27-36(29-13-5-3-6-14-29)43(47-35)40(30-15-7-4-8-16-30)44(48-37)42(41)39-18-10-12-24-50(39)2/h3-28,38-39,45,48H,1-2H3. The molecule has 50 heavy (non-hydrogen) atoms. The number of fused-ring (bicyclic) bond motifs is 8. The van der Waals surface area contributed by atoms with Crippen LogP contribution in [-0.2, 0) is 0 Å². The molecule has 0 saturated heterocycles. The van der Waals surface area contributed by atoms with Crippen molar-refractivity contribution in [1.82, 2.24) is 29.7 Å². The number of allylic oxidation sites excluding steroid dienone is 4. The SMILES string of the molecule is CN1C=CC=CC1c1c(C2C=CC=CN2C)c2[nH]c1cc1nc(cc3ccc(cc4nc(c2-c2ccccc2)C(c2ccccc2)=C4)[nH]3)C=C1. The molecule has 2 aromatic carbocycles. The van der Waals surface area contributed by atoms with E-state index >= 15 is 0 Å². The van der Waals surface area contributed by atoms with Gasteiger partial charge in [0, 0.05) is 52.9 Å². The van der Waals surface area contributed by atoms with Crippen LogP contribution < -0.4 is 0 Å². The summed E-state index contributed by atoms with van der Waals surface area (Å²) in [5.41, 5.74) is 14.4. The van der Waals surface area contributed by atoms with Gasteiger partial charge < -0.3 is 19.8 Å². The highest BCUT2D eigenvalue weighted by Gasteiger charge is 2.31. The van der Waals surface area contributed by atoms with Crippen LogP contribution in [0.15, 0.2) is 140 Å². The summed E-state index contributed by atoms with van der Waals surface area (Å²) in [6.07, 6.45) is 23.8. The first-order valence-electron chi connectivity index (χ1n) is 17.0. The van der Waals surface area contributed by atoms with Gasteiger partial charge in [0.1, 0.15) is 0 Å². The molecule has 9 rings (SSSR count). The number of nitrogens with one attached hydrogen (secondary N) is 2. The molecule has 0 saturated carbocycles. The van der Waals surface area contributed by atoms with Crippen molar-refractivity contribution in [2.75, 3.05) is 14.1 Å². The number of nitrogens with zero attached hydrogens (tertiary/aromatic N) is 4. The summed E-state index contributed by atoms with van der Waals surface area (Å²) >= 11 is 0. The van der Waals surface area contributed by atoms with Gasteiger partial charge >= 0.3 is 0 Å². The minimum absolute atomic E-state index is 0.0128. The van der Waals surface area contributed by atoms with Gasteiger partial charge in [0.05, 0.1) is 40.4 Å². The fourth-order valence-electron chi connectivity index (χ4n) is 7.42. The third-order valence-electron chi connectivity index (χ3n) is 9.77. The topological polar surface area (TPSA) is 63.8 Å². The Hall–Kier alpha value is -6.40. The van der Waals surface area contributed by atoms with E-state index in [1.54, 1.807) is 0 Å². The Balaban J connectivity index is 1.51. The molecule has 5 aromatic rings. The summed E-state index contributed by atoms with van der Waals surface area (Å²) in [5.74, 6) is 0. The molecule has 4 aliphatic heterocycles. The van der Waals surface area contributed by atoms with Crippen LogP contribution in [-0.4, -0.2) is 43.8 Å². The highest BCUT2D eigenvalue weighted by atomic mass is 15.1. The minimum atomic E-state index is -0.0355.